The molecule has 3 rings (SSSR count). The topological polar surface area (TPSA) is 89.4 Å². The van der Waals surface area contributed by atoms with Crippen LogP contribution in [0.1, 0.15) is 38.5 Å². The Labute approximate surface area is 136 Å². The zero-order chi connectivity index (χ0) is 16.6. The molecule has 3 aliphatic rings. The van der Waals surface area contributed by atoms with Gasteiger partial charge in [-0.15, -0.1) is 0 Å². The molecule has 0 aromatic carbocycles. The van der Waals surface area contributed by atoms with E-state index in [4.69, 9.17) is 5.53 Å². The van der Waals surface area contributed by atoms with E-state index >= 15 is 0 Å². The molecule has 1 aliphatic heterocycles. The molecule has 0 spiro atoms. The predicted octanol–water partition coefficient (Wildman–Crippen LogP) is 3.02. The van der Waals surface area contributed by atoms with Crippen LogP contribution in [0.5, 0.6) is 0 Å². The van der Waals surface area contributed by atoms with Gasteiger partial charge >= 0.3 is 6.03 Å². The standard InChI is InChI=1S/C16H25N5O2/c1-20(2)15(23)21-9-11-7-16(8-12(11)10-21,14(22)18-19-17)13-5-3-4-6-13/h11-13H,3-10H2,1-2H3/t11-,12+,16?. The van der Waals surface area contributed by atoms with Gasteiger partial charge in [0.25, 0.3) is 0 Å². The van der Waals surface area contributed by atoms with E-state index < -0.39 is 5.41 Å². The number of amides is 3. The van der Waals surface area contributed by atoms with Gasteiger partial charge in [-0.3, -0.25) is 4.79 Å². The Kier molecular flexibility index (Phi) is 4.23. The quantitative estimate of drug-likeness (QED) is 0.445. The molecular weight excluding hydrogens is 294 g/mol. The second-order valence-electron chi connectivity index (χ2n) is 7.64. The van der Waals surface area contributed by atoms with Crippen LogP contribution in [-0.2, 0) is 4.79 Å². The maximum Gasteiger partial charge on any atom is 0.319 e. The molecular formula is C16H25N5O2. The molecule has 7 heteroatoms. The van der Waals surface area contributed by atoms with Crippen molar-refractivity contribution in [3.05, 3.63) is 10.4 Å². The lowest BCUT2D eigenvalue weighted by Gasteiger charge is -2.34. The van der Waals surface area contributed by atoms with Gasteiger partial charge in [-0.1, -0.05) is 12.8 Å². The van der Waals surface area contributed by atoms with Crippen LogP contribution in [0, 0.1) is 23.2 Å². The zero-order valence-corrected chi connectivity index (χ0v) is 13.9. The number of likely N-dealkylation sites (tertiary alicyclic amines) is 1. The Morgan fingerprint density at radius 3 is 2.22 bits per heavy atom. The van der Waals surface area contributed by atoms with Crippen molar-refractivity contribution in [2.75, 3.05) is 27.2 Å². The number of rotatable bonds is 2. The minimum Gasteiger partial charge on any atom is -0.331 e. The van der Waals surface area contributed by atoms with Crippen molar-refractivity contribution in [3.8, 4) is 0 Å². The molecule has 3 fully saturated rings. The number of hydrogen-bond donors (Lipinski definition) is 0. The highest BCUT2D eigenvalue weighted by Crippen LogP contribution is 2.57. The van der Waals surface area contributed by atoms with Crippen LogP contribution in [0.15, 0.2) is 5.11 Å². The van der Waals surface area contributed by atoms with Crippen LogP contribution in [-0.4, -0.2) is 48.9 Å². The number of azide groups is 1. The molecule has 126 valence electrons. The van der Waals surface area contributed by atoms with E-state index in [1.165, 1.54) is 0 Å². The molecule has 0 N–H and O–H groups in total. The van der Waals surface area contributed by atoms with Crippen LogP contribution in [0.4, 0.5) is 4.79 Å². The van der Waals surface area contributed by atoms with Crippen molar-refractivity contribution in [2.45, 2.75) is 38.5 Å². The fraction of sp³-hybridized carbons (Fsp3) is 0.875. The van der Waals surface area contributed by atoms with E-state index in [0.29, 0.717) is 17.8 Å². The van der Waals surface area contributed by atoms with Gasteiger partial charge in [0.05, 0.1) is 0 Å². The van der Waals surface area contributed by atoms with Crippen molar-refractivity contribution in [1.29, 1.82) is 0 Å². The van der Waals surface area contributed by atoms with Crippen LogP contribution in [0.2, 0.25) is 0 Å². The second kappa shape index (κ2) is 6.04. The van der Waals surface area contributed by atoms with Crippen LogP contribution in [0.25, 0.3) is 10.4 Å². The minimum atomic E-state index is -0.467. The van der Waals surface area contributed by atoms with Crippen molar-refractivity contribution >= 4 is 11.9 Å². The lowest BCUT2D eigenvalue weighted by molar-refractivity contribution is -0.131. The lowest BCUT2D eigenvalue weighted by atomic mass is 9.71. The van der Waals surface area contributed by atoms with Crippen molar-refractivity contribution in [1.82, 2.24) is 9.80 Å². The maximum atomic E-state index is 12.6. The summed E-state index contributed by atoms with van der Waals surface area (Å²) in [5.74, 6) is 0.811. The summed E-state index contributed by atoms with van der Waals surface area (Å²) in [5.41, 5.74) is 8.25. The van der Waals surface area contributed by atoms with Crippen LogP contribution in [0.3, 0.4) is 0 Å². The third-order valence-corrected chi connectivity index (χ3v) is 6.18. The first-order chi connectivity index (χ1) is 11.0. The van der Waals surface area contributed by atoms with Crippen molar-refractivity contribution < 1.29 is 9.59 Å². The number of nitrogens with zero attached hydrogens (tertiary/aromatic N) is 5. The number of hydrogen-bond acceptors (Lipinski definition) is 2. The van der Waals surface area contributed by atoms with E-state index in [-0.39, 0.29) is 11.9 Å². The smallest absolute Gasteiger partial charge is 0.319 e. The van der Waals surface area contributed by atoms with E-state index in [9.17, 15) is 9.59 Å². The lowest BCUT2D eigenvalue weighted by Crippen LogP contribution is -2.40. The highest BCUT2D eigenvalue weighted by Gasteiger charge is 2.56. The Morgan fingerprint density at radius 1 is 1.17 bits per heavy atom. The van der Waals surface area contributed by atoms with Crippen molar-refractivity contribution in [3.63, 3.8) is 0 Å². The molecule has 1 unspecified atom stereocenters. The summed E-state index contributed by atoms with van der Waals surface area (Å²) in [5, 5.41) is 3.49. The zero-order valence-electron chi connectivity index (χ0n) is 13.9. The fourth-order valence-electron chi connectivity index (χ4n) is 5.16. The Bertz CT molecular complexity index is 535. The molecule has 0 radical (unpaired) electrons. The van der Waals surface area contributed by atoms with Gasteiger partial charge in [0.15, 0.2) is 0 Å². The first-order valence-corrected chi connectivity index (χ1v) is 8.53. The summed E-state index contributed by atoms with van der Waals surface area (Å²) in [7, 11) is 3.54. The third-order valence-electron chi connectivity index (χ3n) is 6.18. The minimum absolute atomic E-state index is 0.0484. The maximum absolute atomic E-state index is 12.6. The molecule has 3 atom stereocenters. The average molecular weight is 319 g/mol. The average Bonchev–Trinajstić information content (AvgIpc) is 3.20. The first kappa shape index (κ1) is 16.1. The van der Waals surface area contributed by atoms with Gasteiger partial charge in [0.2, 0.25) is 5.91 Å². The Balaban J connectivity index is 1.78. The molecule has 0 aromatic heterocycles. The van der Waals surface area contributed by atoms with Gasteiger partial charge in [-0.2, -0.15) is 0 Å². The molecule has 23 heavy (non-hydrogen) atoms. The van der Waals surface area contributed by atoms with E-state index in [1.54, 1.807) is 19.0 Å². The molecule has 2 saturated carbocycles. The summed E-state index contributed by atoms with van der Waals surface area (Å²) < 4.78 is 0. The Hall–Kier alpha value is -1.75. The monoisotopic (exact) mass is 319 g/mol. The highest BCUT2D eigenvalue weighted by molar-refractivity contribution is 5.84. The van der Waals surface area contributed by atoms with E-state index in [2.05, 4.69) is 10.0 Å². The third kappa shape index (κ3) is 2.67. The van der Waals surface area contributed by atoms with Crippen LogP contribution >= 0.6 is 0 Å². The molecule has 1 heterocycles. The van der Waals surface area contributed by atoms with Gasteiger partial charge in [-0.05, 0) is 54.1 Å². The summed E-state index contributed by atoms with van der Waals surface area (Å²) in [6.45, 7) is 1.44. The number of carbonyl (C=O) groups is 2. The van der Waals surface area contributed by atoms with E-state index in [0.717, 1.165) is 51.6 Å². The molecule has 1 saturated heterocycles. The molecule has 2 aliphatic carbocycles. The first-order valence-electron chi connectivity index (χ1n) is 8.53. The molecule has 7 nitrogen and oxygen atoms in total. The van der Waals surface area contributed by atoms with Crippen LogP contribution < -0.4 is 0 Å². The normalized spacial score (nSPS) is 33.4. The SMILES string of the molecule is CN(C)C(=O)N1C[C@@H]2CC(C(=O)N=[N+]=[N-])(C3CCCC3)C[C@@H]2C1. The summed E-state index contributed by atoms with van der Waals surface area (Å²) in [4.78, 5) is 31.0. The molecule has 0 bridgehead atoms. The largest absolute Gasteiger partial charge is 0.331 e. The number of fused-ring (bicyclic) bond motifs is 1. The fourth-order valence-corrected chi connectivity index (χ4v) is 5.16. The van der Waals surface area contributed by atoms with Gasteiger partial charge in [-0.25, -0.2) is 4.79 Å². The summed E-state index contributed by atoms with van der Waals surface area (Å²) >= 11 is 0. The van der Waals surface area contributed by atoms with Gasteiger partial charge in [0, 0.05) is 37.5 Å². The van der Waals surface area contributed by atoms with Gasteiger partial charge < -0.3 is 9.80 Å². The number of urea groups is 1. The summed E-state index contributed by atoms with van der Waals surface area (Å²) in [6, 6.07) is 0.0484. The van der Waals surface area contributed by atoms with Crippen molar-refractivity contribution in [2.24, 2.45) is 28.3 Å². The Morgan fingerprint density at radius 2 is 1.74 bits per heavy atom. The van der Waals surface area contributed by atoms with Gasteiger partial charge in [0.1, 0.15) is 0 Å². The second-order valence-corrected chi connectivity index (χ2v) is 7.64. The van der Waals surface area contributed by atoms with E-state index in [1.807, 2.05) is 4.90 Å². The summed E-state index contributed by atoms with van der Waals surface area (Å²) in [6.07, 6.45) is 6.00. The molecule has 0 aromatic rings. The number of carbonyl (C=O) groups excluding carboxylic acids is 2. The predicted molar refractivity (Wildman–Crippen MR) is 85.4 cm³/mol. The molecule has 3 amide bonds. The highest BCUT2D eigenvalue weighted by atomic mass is 16.2.